The van der Waals surface area contributed by atoms with Gasteiger partial charge in [-0.3, -0.25) is 4.90 Å². The molecule has 0 aromatic carbocycles. The summed E-state index contributed by atoms with van der Waals surface area (Å²) < 4.78 is 5.32. The number of aliphatic hydroxyl groups is 5. The van der Waals surface area contributed by atoms with Gasteiger partial charge in [-0.1, -0.05) is 6.92 Å². The Kier molecular flexibility index (Phi) is 14.6. The zero-order chi connectivity index (χ0) is 20.7. The van der Waals surface area contributed by atoms with E-state index in [1.54, 1.807) is 0 Å². The van der Waals surface area contributed by atoms with Gasteiger partial charge in [0.1, 0.15) is 25.7 Å². The van der Waals surface area contributed by atoms with E-state index in [2.05, 4.69) is 0 Å². The highest BCUT2D eigenvalue weighted by atomic mass is 16.5. The molecular formula is C17H37N2O8+. The second-order valence-electron chi connectivity index (χ2n) is 6.79. The minimum absolute atomic E-state index is 0.0141. The van der Waals surface area contributed by atoms with Crippen molar-refractivity contribution in [2.45, 2.75) is 25.6 Å². The molecule has 0 rings (SSSR count). The summed E-state index contributed by atoms with van der Waals surface area (Å²) in [6.07, 6.45) is -0.816. The summed E-state index contributed by atoms with van der Waals surface area (Å²) in [7, 11) is 0. The number of aliphatic hydroxyl groups excluding tert-OH is 5. The third-order valence-electron chi connectivity index (χ3n) is 4.44. The van der Waals surface area contributed by atoms with Crippen LogP contribution in [0.5, 0.6) is 0 Å². The SMILES string of the molecule is CCC(O)CN(CCO)CCOCC(O)C[N+](CCO)(CCO)CC(=O)O. The van der Waals surface area contributed by atoms with Crippen molar-refractivity contribution in [2.75, 3.05) is 78.8 Å². The third-order valence-corrected chi connectivity index (χ3v) is 4.44. The first-order chi connectivity index (χ1) is 12.8. The van der Waals surface area contributed by atoms with Crippen LogP contribution < -0.4 is 0 Å². The molecule has 2 atom stereocenters. The van der Waals surface area contributed by atoms with Crippen molar-refractivity contribution < 1.29 is 44.7 Å². The fraction of sp³-hybridized carbons (Fsp3) is 0.941. The highest BCUT2D eigenvalue weighted by Crippen LogP contribution is 2.09. The number of hydrogen-bond donors (Lipinski definition) is 6. The van der Waals surface area contributed by atoms with Crippen molar-refractivity contribution in [1.29, 1.82) is 0 Å². The van der Waals surface area contributed by atoms with Gasteiger partial charge in [-0.05, 0) is 6.42 Å². The number of quaternary nitrogens is 1. The number of carboxylic acids is 1. The molecule has 2 unspecified atom stereocenters. The molecule has 0 fully saturated rings. The minimum Gasteiger partial charge on any atom is -0.477 e. The monoisotopic (exact) mass is 397 g/mol. The first-order valence-electron chi connectivity index (χ1n) is 9.38. The molecule has 6 N–H and O–H groups in total. The van der Waals surface area contributed by atoms with Gasteiger partial charge in [-0.2, -0.15) is 0 Å². The van der Waals surface area contributed by atoms with Crippen LogP contribution in [0, 0.1) is 0 Å². The van der Waals surface area contributed by atoms with Gasteiger partial charge in [0, 0.05) is 19.6 Å². The Labute approximate surface area is 160 Å². The van der Waals surface area contributed by atoms with E-state index in [1.165, 1.54) is 0 Å². The molecule has 0 radical (unpaired) electrons. The molecule has 0 aliphatic heterocycles. The Morgan fingerprint density at radius 3 is 2.15 bits per heavy atom. The maximum absolute atomic E-state index is 11.1. The van der Waals surface area contributed by atoms with Crippen LogP contribution in [0.1, 0.15) is 13.3 Å². The van der Waals surface area contributed by atoms with Gasteiger partial charge in [-0.15, -0.1) is 0 Å². The van der Waals surface area contributed by atoms with E-state index in [0.717, 1.165) is 0 Å². The molecule has 0 saturated carbocycles. The molecule has 0 spiro atoms. The van der Waals surface area contributed by atoms with Crippen LogP contribution in [-0.2, 0) is 9.53 Å². The normalized spacial score (nSPS) is 14.5. The Balaban J connectivity index is 4.47. The van der Waals surface area contributed by atoms with Gasteiger partial charge in [-0.25, -0.2) is 4.79 Å². The number of ether oxygens (including phenoxy) is 1. The molecule has 0 aliphatic rings. The number of hydrogen-bond acceptors (Lipinski definition) is 8. The predicted octanol–water partition coefficient (Wildman–Crippen LogP) is -2.68. The average Bonchev–Trinajstić information content (AvgIpc) is 2.58. The number of aliphatic carboxylic acids is 1. The summed E-state index contributed by atoms with van der Waals surface area (Å²) in [6.45, 7) is 2.88. The molecule has 0 heterocycles. The minimum atomic E-state index is -1.07. The number of carboxylic acid groups (broad SMARTS) is 1. The quantitative estimate of drug-likeness (QED) is 0.107. The lowest BCUT2D eigenvalue weighted by atomic mass is 10.2. The van der Waals surface area contributed by atoms with Crippen molar-refractivity contribution >= 4 is 5.97 Å². The average molecular weight is 397 g/mol. The number of carbonyl (C=O) groups is 1. The summed E-state index contributed by atoms with van der Waals surface area (Å²) in [5.74, 6) is -1.07. The highest BCUT2D eigenvalue weighted by Gasteiger charge is 2.32. The molecule has 10 heteroatoms. The molecule has 0 saturated heterocycles. The predicted molar refractivity (Wildman–Crippen MR) is 98.2 cm³/mol. The Hall–Kier alpha value is -0.850. The van der Waals surface area contributed by atoms with E-state index in [4.69, 9.17) is 14.9 Å². The largest absolute Gasteiger partial charge is 0.477 e. The third kappa shape index (κ3) is 12.3. The summed E-state index contributed by atoms with van der Waals surface area (Å²) in [6, 6.07) is 0. The van der Waals surface area contributed by atoms with E-state index in [-0.39, 0.29) is 63.7 Å². The van der Waals surface area contributed by atoms with Gasteiger partial charge in [0.25, 0.3) is 0 Å². The van der Waals surface area contributed by atoms with E-state index in [9.17, 15) is 25.2 Å². The second kappa shape index (κ2) is 15.1. The zero-order valence-corrected chi connectivity index (χ0v) is 16.2. The lowest BCUT2D eigenvalue weighted by Gasteiger charge is -2.37. The Morgan fingerprint density at radius 1 is 1.04 bits per heavy atom. The number of rotatable bonds is 18. The van der Waals surface area contributed by atoms with Gasteiger partial charge in [0.15, 0.2) is 6.54 Å². The van der Waals surface area contributed by atoms with E-state index >= 15 is 0 Å². The molecule has 27 heavy (non-hydrogen) atoms. The molecule has 0 aromatic heterocycles. The van der Waals surface area contributed by atoms with Crippen LogP contribution in [0.15, 0.2) is 0 Å². The maximum Gasteiger partial charge on any atom is 0.359 e. The molecule has 10 nitrogen and oxygen atoms in total. The fourth-order valence-electron chi connectivity index (χ4n) is 3.00. The van der Waals surface area contributed by atoms with Crippen molar-refractivity contribution in [2.24, 2.45) is 0 Å². The first-order valence-corrected chi connectivity index (χ1v) is 9.38. The highest BCUT2D eigenvalue weighted by molar-refractivity contribution is 5.67. The van der Waals surface area contributed by atoms with Gasteiger partial charge >= 0.3 is 5.97 Å². The first kappa shape index (κ1) is 26.1. The van der Waals surface area contributed by atoms with Gasteiger partial charge in [0.2, 0.25) is 0 Å². The molecule has 0 aliphatic carbocycles. The molecule has 0 bridgehead atoms. The summed E-state index contributed by atoms with van der Waals surface area (Å²) in [5, 5.41) is 56.5. The molecular weight excluding hydrogens is 360 g/mol. The topological polar surface area (TPSA) is 151 Å². The van der Waals surface area contributed by atoms with Crippen LogP contribution in [0.2, 0.25) is 0 Å². The fourth-order valence-corrected chi connectivity index (χ4v) is 3.00. The van der Waals surface area contributed by atoms with Crippen molar-refractivity contribution in [3.63, 3.8) is 0 Å². The summed E-state index contributed by atoms with van der Waals surface area (Å²) in [5.41, 5.74) is 0. The second-order valence-corrected chi connectivity index (χ2v) is 6.79. The van der Waals surface area contributed by atoms with Crippen molar-refractivity contribution in [1.82, 2.24) is 4.90 Å². The van der Waals surface area contributed by atoms with E-state index < -0.39 is 18.2 Å². The Morgan fingerprint density at radius 2 is 1.67 bits per heavy atom. The van der Waals surface area contributed by atoms with Crippen LogP contribution in [0.25, 0.3) is 0 Å². The standard InChI is InChI=1S/C17H36N2O8/c1-2-15(23)11-18(3-7-20)4-10-27-14-16(24)12-19(5-8-21,6-9-22)13-17(25)26/h15-16,20-24H,2-14H2,1H3/p+1. The van der Waals surface area contributed by atoms with Gasteiger partial charge in [0.05, 0.1) is 39.1 Å². The van der Waals surface area contributed by atoms with E-state index in [0.29, 0.717) is 26.1 Å². The van der Waals surface area contributed by atoms with Crippen molar-refractivity contribution in [3.8, 4) is 0 Å². The zero-order valence-electron chi connectivity index (χ0n) is 16.2. The van der Waals surface area contributed by atoms with Crippen LogP contribution in [-0.4, -0.2) is 137 Å². The molecule has 0 aromatic rings. The maximum atomic E-state index is 11.1. The number of nitrogens with zero attached hydrogens (tertiary/aromatic N) is 2. The summed E-state index contributed by atoms with van der Waals surface area (Å²) in [4.78, 5) is 13.0. The summed E-state index contributed by atoms with van der Waals surface area (Å²) >= 11 is 0. The lowest BCUT2D eigenvalue weighted by molar-refractivity contribution is -0.924. The van der Waals surface area contributed by atoms with Crippen LogP contribution in [0.4, 0.5) is 0 Å². The van der Waals surface area contributed by atoms with Gasteiger partial charge < -0.3 is 39.9 Å². The van der Waals surface area contributed by atoms with Crippen molar-refractivity contribution in [3.05, 3.63) is 0 Å². The molecule has 162 valence electrons. The lowest BCUT2D eigenvalue weighted by Crippen LogP contribution is -2.58. The van der Waals surface area contributed by atoms with Crippen LogP contribution >= 0.6 is 0 Å². The van der Waals surface area contributed by atoms with Crippen LogP contribution in [0.3, 0.4) is 0 Å². The molecule has 0 amide bonds. The van der Waals surface area contributed by atoms with E-state index in [1.807, 2.05) is 11.8 Å². The Bertz CT molecular complexity index is 380. The smallest absolute Gasteiger partial charge is 0.359 e.